The summed E-state index contributed by atoms with van der Waals surface area (Å²) < 4.78 is 27.8. The summed E-state index contributed by atoms with van der Waals surface area (Å²) in [5, 5.41) is 2.14. The van der Waals surface area contributed by atoms with Gasteiger partial charge in [-0.15, -0.1) is 0 Å². The van der Waals surface area contributed by atoms with E-state index in [1.54, 1.807) is 12.1 Å². The topological polar surface area (TPSA) is 113 Å². The van der Waals surface area contributed by atoms with Crippen molar-refractivity contribution in [1.82, 2.24) is 15.1 Å². The van der Waals surface area contributed by atoms with Gasteiger partial charge >= 0.3 is 0 Å². The molecule has 8 nitrogen and oxygen atoms in total. The Morgan fingerprint density at radius 1 is 1.17 bits per heavy atom. The van der Waals surface area contributed by atoms with Gasteiger partial charge in [-0.3, -0.25) is 34.3 Å². The number of fused-ring (bicyclic) bond motifs is 1. The number of carbonyl (C=O) groups excluding carboxylic acids is 4. The Labute approximate surface area is 165 Å². The Morgan fingerprint density at radius 2 is 1.93 bits per heavy atom. The second-order valence-electron chi connectivity index (χ2n) is 7.78. The summed E-state index contributed by atoms with van der Waals surface area (Å²) in [6.07, 6.45) is -0.312. The number of hydrogen-bond acceptors (Lipinski definition) is 6. The molecular formula is C19H20F2N4O4. The number of imide groups is 2. The number of likely N-dealkylation sites (tertiary alicyclic amines) is 1. The molecule has 0 bridgehead atoms. The number of piperidine rings is 2. The molecule has 29 heavy (non-hydrogen) atoms. The van der Waals surface area contributed by atoms with Crippen molar-refractivity contribution >= 4 is 23.6 Å². The third-order valence-electron chi connectivity index (χ3n) is 5.46. The fourth-order valence-electron chi connectivity index (χ4n) is 4.31. The van der Waals surface area contributed by atoms with Gasteiger partial charge in [-0.2, -0.15) is 0 Å². The highest BCUT2D eigenvalue weighted by Crippen LogP contribution is 2.32. The zero-order valence-corrected chi connectivity index (χ0v) is 15.5. The normalized spacial score (nSPS) is 27.2. The molecule has 4 amide bonds. The largest absolute Gasteiger partial charge is 0.326 e. The van der Waals surface area contributed by atoms with E-state index >= 15 is 0 Å². The maximum atomic E-state index is 13.9. The van der Waals surface area contributed by atoms with Gasteiger partial charge in [-0.1, -0.05) is 12.1 Å². The summed E-state index contributed by atoms with van der Waals surface area (Å²) in [6.45, 7) is -0.198. The van der Waals surface area contributed by atoms with Crippen LogP contribution in [0.3, 0.4) is 0 Å². The van der Waals surface area contributed by atoms with Crippen LogP contribution in [-0.4, -0.2) is 64.5 Å². The molecule has 0 saturated carbocycles. The predicted molar refractivity (Wildman–Crippen MR) is 95.9 cm³/mol. The first-order valence-corrected chi connectivity index (χ1v) is 9.35. The van der Waals surface area contributed by atoms with Crippen LogP contribution in [0.25, 0.3) is 0 Å². The standard InChI is InChI=1S/C19H20F2N4O4/c20-19(21)6-11(22)8-24(9-19)7-10-2-1-3-12-15(10)18(29)25(17(12)28)13-4-5-14(26)23-16(13)27/h1-3,11,13H,4-9,22H2,(H,23,26,27)/t11-,13?/m0/s1. The van der Waals surface area contributed by atoms with Gasteiger partial charge < -0.3 is 5.73 Å². The minimum atomic E-state index is -2.92. The number of alkyl halides is 2. The number of hydrogen-bond donors (Lipinski definition) is 2. The lowest BCUT2D eigenvalue weighted by Crippen LogP contribution is -2.54. The van der Waals surface area contributed by atoms with Crippen molar-refractivity contribution in [2.24, 2.45) is 5.73 Å². The Hall–Kier alpha value is -2.72. The lowest BCUT2D eigenvalue weighted by Gasteiger charge is -2.36. The molecule has 1 unspecified atom stereocenters. The average molecular weight is 406 g/mol. The molecule has 0 radical (unpaired) electrons. The summed E-state index contributed by atoms with van der Waals surface area (Å²) in [4.78, 5) is 51.7. The number of carbonyl (C=O) groups is 4. The van der Waals surface area contributed by atoms with Crippen LogP contribution in [0.1, 0.15) is 45.5 Å². The number of amides is 4. The van der Waals surface area contributed by atoms with E-state index in [0.29, 0.717) is 5.56 Å². The highest BCUT2D eigenvalue weighted by Gasteiger charge is 2.46. The first-order chi connectivity index (χ1) is 13.7. The third kappa shape index (κ3) is 3.53. The van der Waals surface area contributed by atoms with Gasteiger partial charge in [-0.25, -0.2) is 8.78 Å². The van der Waals surface area contributed by atoms with E-state index in [2.05, 4.69) is 5.32 Å². The number of benzene rings is 1. The second kappa shape index (κ2) is 6.96. The first kappa shape index (κ1) is 19.6. The van der Waals surface area contributed by atoms with Crippen molar-refractivity contribution in [3.05, 3.63) is 34.9 Å². The molecule has 1 aromatic carbocycles. The number of nitrogens with zero attached hydrogens (tertiary/aromatic N) is 2. The Kier molecular flexibility index (Phi) is 4.70. The van der Waals surface area contributed by atoms with Gasteiger partial charge in [0.2, 0.25) is 11.8 Å². The van der Waals surface area contributed by atoms with Gasteiger partial charge in [-0.05, 0) is 18.1 Å². The molecule has 3 aliphatic heterocycles. The lowest BCUT2D eigenvalue weighted by atomic mass is 9.99. The molecular weight excluding hydrogens is 386 g/mol. The number of rotatable bonds is 3. The van der Waals surface area contributed by atoms with Crippen LogP contribution >= 0.6 is 0 Å². The van der Waals surface area contributed by atoms with E-state index in [1.807, 2.05) is 0 Å². The molecule has 4 rings (SSSR count). The van der Waals surface area contributed by atoms with Gasteiger partial charge in [0, 0.05) is 32.0 Å². The molecule has 2 fully saturated rings. The zero-order chi connectivity index (χ0) is 20.9. The number of halogens is 2. The van der Waals surface area contributed by atoms with Crippen molar-refractivity contribution in [3.8, 4) is 0 Å². The molecule has 0 aliphatic carbocycles. The summed E-state index contributed by atoms with van der Waals surface area (Å²) in [7, 11) is 0. The van der Waals surface area contributed by atoms with E-state index < -0.39 is 54.6 Å². The predicted octanol–water partition coefficient (Wildman–Crippen LogP) is 0.256. The Morgan fingerprint density at radius 3 is 2.62 bits per heavy atom. The van der Waals surface area contributed by atoms with Crippen LogP contribution in [0, 0.1) is 0 Å². The van der Waals surface area contributed by atoms with Gasteiger partial charge in [0.25, 0.3) is 17.7 Å². The molecule has 2 saturated heterocycles. The summed E-state index contributed by atoms with van der Waals surface area (Å²) in [5.41, 5.74) is 6.42. The van der Waals surface area contributed by atoms with Crippen molar-refractivity contribution in [3.63, 3.8) is 0 Å². The van der Waals surface area contributed by atoms with Crippen LogP contribution in [-0.2, 0) is 16.1 Å². The number of nitrogens with two attached hydrogens (primary N) is 1. The molecule has 3 N–H and O–H groups in total. The monoisotopic (exact) mass is 406 g/mol. The SMILES string of the molecule is N[C@@H]1CN(Cc2cccc3c2C(=O)N(C2CCC(=O)NC2=O)C3=O)CC(F)(F)C1. The minimum Gasteiger partial charge on any atom is -0.326 e. The van der Waals surface area contributed by atoms with Gasteiger partial charge in [0.05, 0.1) is 17.7 Å². The molecule has 1 aromatic rings. The molecule has 154 valence electrons. The molecule has 0 spiro atoms. The highest BCUT2D eigenvalue weighted by atomic mass is 19.3. The minimum absolute atomic E-state index is 0.0252. The smallest absolute Gasteiger partial charge is 0.262 e. The Balaban J connectivity index is 1.61. The van der Waals surface area contributed by atoms with Crippen molar-refractivity contribution in [1.29, 1.82) is 0 Å². The van der Waals surface area contributed by atoms with E-state index in [-0.39, 0.29) is 37.1 Å². The maximum absolute atomic E-state index is 13.9. The fourth-order valence-corrected chi connectivity index (χ4v) is 4.31. The summed E-state index contributed by atoms with van der Waals surface area (Å²) in [6, 6.07) is 2.90. The van der Waals surface area contributed by atoms with Crippen LogP contribution in [0.5, 0.6) is 0 Å². The Bertz CT molecular complexity index is 919. The average Bonchev–Trinajstić information content (AvgIpc) is 2.85. The molecule has 3 aliphatic rings. The van der Waals surface area contributed by atoms with E-state index in [9.17, 15) is 28.0 Å². The quantitative estimate of drug-likeness (QED) is 0.696. The van der Waals surface area contributed by atoms with E-state index in [4.69, 9.17) is 5.73 Å². The van der Waals surface area contributed by atoms with Crippen molar-refractivity contribution < 1.29 is 28.0 Å². The molecule has 3 heterocycles. The van der Waals surface area contributed by atoms with E-state index in [1.165, 1.54) is 11.0 Å². The lowest BCUT2D eigenvalue weighted by molar-refractivity contribution is -0.136. The van der Waals surface area contributed by atoms with Gasteiger partial charge in [0.15, 0.2) is 0 Å². The number of nitrogens with one attached hydrogen (secondary N) is 1. The zero-order valence-electron chi connectivity index (χ0n) is 15.5. The second-order valence-corrected chi connectivity index (χ2v) is 7.78. The summed E-state index contributed by atoms with van der Waals surface area (Å²) in [5.74, 6) is -5.34. The van der Waals surface area contributed by atoms with Crippen LogP contribution in [0.15, 0.2) is 18.2 Å². The highest BCUT2D eigenvalue weighted by molar-refractivity contribution is 6.24. The maximum Gasteiger partial charge on any atom is 0.262 e. The fraction of sp³-hybridized carbons (Fsp3) is 0.474. The summed E-state index contributed by atoms with van der Waals surface area (Å²) >= 11 is 0. The third-order valence-corrected chi connectivity index (χ3v) is 5.46. The molecule has 0 aromatic heterocycles. The van der Waals surface area contributed by atoms with Crippen LogP contribution in [0.2, 0.25) is 0 Å². The molecule has 2 atom stereocenters. The molecule has 10 heteroatoms. The van der Waals surface area contributed by atoms with Crippen LogP contribution < -0.4 is 11.1 Å². The first-order valence-electron chi connectivity index (χ1n) is 9.35. The van der Waals surface area contributed by atoms with Crippen LogP contribution in [0.4, 0.5) is 8.78 Å². The van der Waals surface area contributed by atoms with Crippen molar-refractivity contribution in [2.75, 3.05) is 13.1 Å². The van der Waals surface area contributed by atoms with Gasteiger partial charge in [0.1, 0.15) is 6.04 Å². The van der Waals surface area contributed by atoms with E-state index in [0.717, 1.165) is 4.90 Å². The van der Waals surface area contributed by atoms with Crippen molar-refractivity contribution in [2.45, 2.75) is 43.8 Å².